The first-order valence-electron chi connectivity index (χ1n) is 4.56. The zero-order chi connectivity index (χ0) is 10.7. The topological polar surface area (TPSA) is 78.9 Å². The first kappa shape index (κ1) is 9.45. The lowest BCUT2D eigenvalue weighted by molar-refractivity contribution is 0.324. The molecule has 0 aliphatic heterocycles. The summed E-state index contributed by atoms with van der Waals surface area (Å²) < 4.78 is 6.78. The van der Waals surface area contributed by atoms with E-state index < -0.39 is 0 Å². The molecule has 0 fully saturated rings. The third-order valence-corrected chi connectivity index (χ3v) is 1.74. The van der Waals surface area contributed by atoms with Crippen molar-refractivity contribution in [2.24, 2.45) is 0 Å². The van der Waals surface area contributed by atoms with Crippen LogP contribution in [0.25, 0.3) is 5.82 Å². The molecule has 15 heavy (non-hydrogen) atoms. The van der Waals surface area contributed by atoms with Gasteiger partial charge in [-0.3, -0.25) is 4.98 Å². The van der Waals surface area contributed by atoms with Gasteiger partial charge in [0, 0.05) is 12.3 Å². The fourth-order valence-electron chi connectivity index (χ4n) is 1.13. The molecule has 0 aromatic carbocycles. The Balaban J connectivity index is 2.32. The van der Waals surface area contributed by atoms with Gasteiger partial charge in [-0.1, -0.05) is 0 Å². The molecule has 2 N–H and O–H groups in total. The third kappa shape index (κ3) is 2.04. The van der Waals surface area contributed by atoms with Crippen molar-refractivity contribution in [2.45, 2.75) is 6.92 Å². The summed E-state index contributed by atoms with van der Waals surface area (Å²) in [5.74, 6) is 1.50. The number of nitrogens with zero attached hydrogens (tertiary/aromatic N) is 4. The SMILES string of the molecule is CCOc1cncc(-n2ccc(N)n2)n1. The van der Waals surface area contributed by atoms with Crippen molar-refractivity contribution in [2.75, 3.05) is 12.3 Å². The van der Waals surface area contributed by atoms with Gasteiger partial charge in [0.2, 0.25) is 5.88 Å². The van der Waals surface area contributed by atoms with Crippen LogP contribution in [-0.2, 0) is 0 Å². The third-order valence-electron chi connectivity index (χ3n) is 1.74. The van der Waals surface area contributed by atoms with Gasteiger partial charge in [0.15, 0.2) is 5.82 Å². The quantitative estimate of drug-likeness (QED) is 0.795. The van der Waals surface area contributed by atoms with Gasteiger partial charge < -0.3 is 10.5 Å². The van der Waals surface area contributed by atoms with E-state index in [1.54, 1.807) is 29.3 Å². The molecule has 0 saturated heterocycles. The van der Waals surface area contributed by atoms with Crippen molar-refractivity contribution in [3.05, 3.63) is 24.7 Å². The summed E-state index contributed by atoms with van der Waals surface area (Å²) in [6.45, 7) is 2.44. The number of hydrogen-bond acceptors (Lipinski definition) is 5. The highest BCUT2D eigenvalue weighted by molar-refractivity contribution is 5.29. The van der Waals surface area contributed by atoms with E-state index in [1.807, 2.05) is 6.92 Å². The lowest BCUT2D eigenvalue weighted by Gasteiger charge is -2.03. The summed E-state index contributed by atoms with van der Waals surface area (Å²) in [5.41, 5.74) is 5.50. The minimum Gasteiger partial charge on any atom is -0.477 e. The van der Waals surface area contributed by atoms with Crippen LogP contribution in [-0.4, -0.2) is 26.4 Å². The summed E-state index contributed by atoms with van der Waals surface area (Å²) >= 11 is 0. The monoisotopic (exact) mass is 205 g/mol. The van der Waals surface area contributed by atoms with E-state index in [1.165, 1.54) is 0 Å². The van der Waals surface area contributed by atoms with E-state index in [0.717, 1.165) is 0 Å². The Morgan fingerprint density at radius 3 is 3.00 bits per heavy atom. The van der Waals surface area contributed by atoms with Crippen LogP contribution in [0.2, 0.25) is 0 Å². The predicted molar refractivity (Wildman–Crippen MR) is 54.7 cm³/mol. The number of nitrogens with two attached hydrogens (primary N) is 1. The molecule has 0 unspecified atom stereocenters. The molecule has 2 aromatic rings. The molecule has 6 nitrogen and oxygen atoms in total. The number of ether oxygens (including phenoxy) is 1. The average molecular weight is 205 g/mol. The fourth-order valence-corrected chi connectivity index (χ4v) is 1.13. The second-order valence-electron chi connectivity index (χ2n) is 2.83. The average Bonchev–Trinajstić information content (AvgIpc) is 2.66. The Bertz CT molecular complexity index is 453. The summed E-state index contributed by atoms with van der Waals surface area (Å²) in [7, 11) is 0. The number of rotatable bonds is 3. The van der Waals surface area contributed by atoms with E-state index in [-0.39, 0.29) is 0 Å². The van der Waals surface area contributed by atoms with Crippen molar-refractivity contribution >= 4 is 5.82 Å². The molecule has 0 amide bonds. The summed E-state index contributed by atoms with van der Waals surface area (Å²) in [6.07, 6.45) is 4.86. The molecule has 2 aromatic heterocycles. The maximum absolute atomic E-state index is 5.50. The van der Waals surface area contributed by atoms with Crippen LogP contribution in [0.15, 0.2) is 24.7 Å². The van der Waals surface area contributed by atoms with Gasteiger partial charge in [-0.05, 0) is 6.92 Å². The van der Waals surface area contributed by atoms with Crippen LogP contribution in [0.3, 0.4) is 0 Å². The van der Waals surface area contributed by atoms with Gasteiger partial charge >= 0.3 is 0 Å². The van der Waals surface area contributed by atoms with Crippen LogP contribution in [0.4, 0.5) is 5.82 Å². The molecule has 0 atom stereocenters. The van der Waals surface area contributed by atoms with Gasteiger partial charge in [0.25, 0.3) is 0 Å². The maximum Gasteiger partial charge on any atom is 0.234 e. The van der Waals surface area contributed by atoms with Crippen molar-refractivity contribution in [1.82, 2.24) is 19.7 Å². The molecule has 78 valence electrons. The van der Waals surface area contributed by atoms with E-state index >= 15 is 0 Å². The smallest absolute Gasteiger partial charge is 0.234 e. The lowest BCUT2D eigenvalue weighted by atomic mass is 10.6. The highest BCUT2D eigenvalue weighted by atomic mass is 16.5. The number of aromatic nitrogens is 4. The number of anilines is 1. The van der Waals surface area contributed by atoms with Crippen LogP contribution >= 0.6 is 0 Å². The second-order valence-corrected chi connectivity index (χ2v) is 2.83. The van der Waals surface area contributed by atoms with E-state index in [9.17, 15) is 0 Å². The summed E-state index contributed by atoms with van der Waals surface area (Å²) in [6, 6.07) is 1.69. The lowest BCUT2D eigenvalue weighted by Crippen LogP contribution is -2.02. The van der Waals surface area contributed by atoms with E-state index in [2.05, 4.69) is 15.1 Å². The largest absolute Gasteiger partial charge is 0.477 e. The van der Waals surface area contributed by atoms with E-state index in [0.29, 0.717) is 24.1 Å². The van der Waals surface area contributed by atoms with E-state index in [4.69, 9.17) is 10.5 Å². The first-order chi connectivity index (χ1) is 7.29. The highest BCUT2D eigenvalue weighted by Crippen LogP contribution is 2.09. The van der Waals surface area contributed by atoms with Gasteiger partial charge in [-0.25, -0.2) is 4.68 Å². The second kappa shape index (κ2) is 3.95. The predicted octanol–water partition coefficient (Wildman–Crippen LogP) is 0.643. The number of hydrogen-bond donors (Lipinski definition) is 1. The molecule has 6 heteroatoms. The van der Waals surface area contributed by atoms with Gasteiger partial charge in [-0.15, -0.1) is 5.10 Å². The molecular weight excluding hydrogens is 194 g/mol. The minimum absolute atomic E-state index is 0.443. The Morgan fingerprint density at radius 1 is 1.47 bits per heavy atom. The van der Waals surface area contributed by atoms with Gasteiger partial charge in [0.1, 0.15) is 5.82 Å². The van der Waals surface area contributed by atoms with Crippen molar-refractivity contribution < 1.29 is 4.74 Å². The van der Waals surface area contributed by atoms with Crippen LogP contribution in [0.5, 0.6) is 5.88 Å². The molecule has 0 aliphatic carbocycles. The Kier molecular flexibility index (Phi) is 2.49. The molecule has 0 saturated carbocycles. The molecule has 2 heterocycles. The zero-order valence-corrected chi connectivity index (χ0v) is 8.29. The molecule has 0 aliphatic rings. The number of nitrogen functional groups attached to an aromatic ring is 1. The standard InChI is InChI=1S/C9H11N5O/c1-2-15-9-6-11-5-8(12-9)14-4-3-7(10)13-14/h3-6H,2H2,1H3,(H2,10,13). The maximum atomic E-state index is 5.50. The Labute approximate surface area is 86.7 Å². The van der Waals surface area contributed by atoms with Crippen LogP contribution in [0.1, 0.15) is 6.92 Å². The first-order valence-corrected chi connectivity index (χ1v) is 4.56. The summed E-state index contributed by atoms with van der Waals surface area (Å²) in [4.78, 5) is 8.21. The van der Waals surface area contributed by atoms with Crippen molar-refractivity contribution in [3.63, 3.8) is 0 Å². The highest BCUT2D eigenvalue weighted by Gasteiger charge is 2.02. The normalized spacial score (nSPS) is 10.2. The van der Waals surface area contributed by atoms with Gasteiger partial charge in [0.05, 0.1) is 19.0 Å². The molecule has 0 radical (unpaired) electrons. The van der Waals surface area contributed by atoms with Gasteiger partial charge in [-0.2, -0.15) is 4.98 Å². The molecule has 0 spiro atoms. The van der Waals surface area contributed by atoms with Crippen LogP contribution < -0.4 is 10.5 Å². The van der Waals surface area contributed by atoms with Crippen molar-refractivity contribution in [3.8, 4) is 11.7 Å². The molecule has 0 bridgehead atoms. The zero-order valence-electron chi connectivity index (χ0n) is 8.29. The Hall–Kier alpha value is -2.11. The van der Waals surface area contributed by atoms with Crippen LogP contribution in [0, 0.1) is 0 Å². The van der Waals surface area contributed by atoms with Crippen molar-refractivity contribution in [1.29, 1.82) is 0 Å². The minimum atomic E-state index is 0.443. The molecular formula is C9H11N5O. The summed E-state index contributed by atoms with van der Waals surface area (Å²) in [5, 5.41) is 4.02. The fraction of sp³-hybridized carbons (Fsp3) is 0.222. The Morgan fingerprint density at radius 2 is 2.33 bits per heavy atom. The molecule has 2 rings (SSSR count).